The number of alkyl halides is 6. The minimum atomic E-state index is -4.69. The summed E-state index contributed by atoms with van der Waals surface area (Å²) in [5.41, 5.74) is 0.0477. The molecule has 0 spiro atoms. The highest BCUT2D eigenvalue weighted by Gasteiger charge is 2.43. The molecule has 1 aliphatic carbocycles. The van der Waals surface area contributed by atoms with E-state index in [1.54, 1.807) is 24.3 Å². The molecule has 0 aromatic heterocycles. The van der Waals surface area contributed by atoms with Crippen molar-refractivity contribution in [2.75, 3.05) is 44.2 Å². The SMILES string of the molecule is CC1=C(C(=O)NCCN2CCN(CCNC(=O)C3=C(C)N(C4C=CC=C(C(F)(F)F)C4)C(=O)N[C@@H]3c3ccc(C#N)cc3)C2=S)[C@@H](c2ccc(C#N)cc2)NC(=O)N1c1cccc(C(F)(F)F)c1. The lowest BCUT2D eigenvalue weighted by atomic mass is 9.91. The molecule has 0 radical (unpaired) electrons. The van der Waals surface area contributed by atoms with Crippen LogP contribution in [0.25, 0.3) is 0 Å². The number of nitrogens with zero attached hydrogens (tertiary/aromatic N) is 6. The molecule has 4 aliphatic rings. The Morgan fingerprint density at radius 1 is 0.750 bits per heavy atom. The number of anilines is 1. The number of thiocarbonyl (C=S) groups is 1. The highest BCUT2D eigenvalue weighted by molar-refractivity contribution is 7.80. The van der Waals surface area contributed by atoms with Crippen molar-refractivity contribution in [1.82, 2.24) is 36.0 Å². The first-order valence-corrected chi connectivity index (χ1v) is 21.6. The van der Waals surface area contributed by atoms with Crippen molar-refractivity contribution in [2.24, 2.45) is 0 Å². The molecule has 21 heteroatoms. The van der Waals surface area contributed by atoms with Crippen molar-refractivity contribution in [3.63, 3.8) is 0 Å². The van der Waals surface area contributed by atoms with Gasteiger partial charge in [-0.25, -0.2) is 9.59 Å². The Morgan fingerprint density at radius 2 is 1.26 bits per heavy atom. The summed E-state index contributed by atoms with van der Waals surface area (Å²) in [6.45, 7) is 4.46. The molecule has 14 nitrogen and oxygen atoms in total. The average Bonchev–Trinajstić information content (AvgIpc) is 3.65. The predicted molar refractivity (Wildman–Crippen MR) is 239 cm³/mol. The summed E-state index contributed by atoms with van der Waals surface area (Å²) < 4.78 is 82.2. The van der Waals surface area contributed by atoms with Gasteiger partial charge in [0.25, 0.3) is 11.8 Å². The lowest BCUT2D eigenvalue weighted by Gasteiger charge is -2.40. The lowest BCUT2D eigenvalue weighted by Crippen LogP contribution is -2.53. The monoisotopic (exact) mass is 956 g/mol. The number of amides is 6. The summed E-state index contributed by atoms with van der Waals surface area (Å²) in [6.07, 6.45) is -6.21. The van der Waals surface area contributed by atoms with Crippen LogP contribution in [0.1, 0.15) is 60.2 Å². The Labute approximate surface area is 391 Å². The van der Waals surface area contributed by atoms with E-state index in [1.807, 2.05) is 21.9 Å². The van der Waals surface area contributed by atoms with Crippen molar-refractivity contribution in [2.45, 2.75) is 50.7 Å². The zero-order chi connectivity index (χ0) is 49.1. The van der Waals surface area contributed by atoms with Gasteiger partial charge in [-0.15, -0.1) is 0 Å². The molecule has 3 aliphatic heterocycles. The van der Waals surface area contributed by atoms with Gasteiger partial charge in [0.05, 0.1) is 63.8 Å². The number of nitrogens with one attached hydrogen (secondary N) is 4. The fraction of sp³-hybridized carbons (Fsp3) is 0.298. The predicted octanol–water partition coefficient (Wildman–Crippen LogP) is 6.99. The summed E-state index contributed by atoms with van der Waals surface area (Å²) in [5, 5.41) is 30.3. The van der Waals surface area contributed by atoms with E-state index in [-0.39, 0.29) is 54.4 Å². The van der Waals surface area contributed by atoms with Crippen molar-refractivity contribution < 1.29 is 45.5 Å². The van der Waals surface area contributed by atoms with Gasteiger partial charge in [0.1, 0.15) is 0 Å². The fourth-order valence-corrected chi connectivity index (χ4v) is 8.88. The first-order chi connectivity index (χ1) is 32.3. The van der Waals surface area contributed by atoms with Gasteiger partial charge in [0.15, 0.2) is 5.11 Å². The van der Waals surface area contributed by atoms with Crippen LogP contribution in [0.5, 0.6) is 0 Å². The molecule has 68 heavy (non-hydrogen) atoms. The molecular formula is C47H42F6N10O4S. The zero-order valence-corrected chi connectivity index (χ0v) is 37.2. The average molecular weight is 957 g/mol. The van der Waals surface area contributed by atoms with Crippen molar-refractivity contribution in [3.05, 3.63) is 147 Å². The van der Waals surface area contributed by atoms with Crippen LogP contribution in [0, 0.1) is 22.7 Å². The molecule has 1 unspecified atom stereocenters. The van der Waals surface area contributed by atoms with Crippen molar-refractivity contribution in [3.8, 4) is 12.1 Å². The number of hydrogen-bond acceptors (Lipinski definition) is 7. The second-order valence-corrected chi connectivity index (χ2v) is 16.5. The third-order valence-electron chi connectivity index (χ3n) is 11.9. The summed E-state index contributed by atoms with van der Waals surface area (Å²) in [6, 6.07) is 16.0. The van der Waals surface area contributed by atoms with E-state index in [0.29, 0.717) is 40.5 Å². The molecule has 4 N–H and O–H groups in total. The minimum absolute atomic E-state index is 0.0543. The highest BCUT2D eigenvalue weighted by Crippen LogP contribution is 2.39. The van der Waals surface area contributed by atoms with Crippen LogP contribution in [-0.4, -0.2) is 95.2 Å². The minimum Gasteiger partial charge on any atom is -0.350 e. The number of rotatable bonds is 12. The Bertz CT molecular complexity index is 2740. The maximum atomic E-state index is 14.1. The van der Waals surface area contributed by atoms with Crippen LogP contribution in [0.4, 0.5) is 41.6 Å². The summed E-state index contributed by atoms with van der Waals surface area (Å²) in [4.78, 5) is 61.0. The van der Waals surface area contributed by atoms with Gasteiger partial charge in [0.2, 0.25) is 0 Å². The normalized spacial score (nSPS) is 19.9. The Hall–Kier alpha value is -7.65. The molecule has 1 fully saturated rings. The van der Waals surface area contributed by atoms with Crippen LogP contribution in [0.3, 0.4) is 0 Å². The summed E-state index contributed by atoms with van der Waals surface area (Å²) >= 11 is 5.75. The van der Waals surface area contributed by atoms with Crippen molar-refractivity contribution in [1.29, 1.82) is 10.5 Å². The first-order valence-electron chi connectivity index (χ1n) is 21.1. The van der Waals surface area contributed by atoms with E-state index >= 15 is 0 Å². The van der Waals surface area contributed by atoms with Gasteiger partial charge in [-0.1, -0.05) is 48.6 Å². The third kappa shape index (κ3) is 10.2. The standard InChI is InChI=1S/C47H42F6N10O4S/c1-27-37(39(31-13-9-29(25-54)10-14-31)58-43(66)62(27)35-7-3-5-33(23-35)46(48,49)50)41(64)56-17-19-60-21-22-61(45(60)68)20-18-57-42(65)38-28(2)63(36-8-4-6-34(24-36)47(51,52)53)44(67)59-40(38)32-15-11-30(26-55)12-16-32/h3-16,23,36,39-40H,17-22,24H2,1-2H3,(H,56,64)(H,57,65)(H,58,66)(H,59,67)/t36?,39-,40-/m1/s1. The van der Waals surface area contributed by atoms with E-state index < -0.39 is 71.9 Å². The van der Waals surface area contributed by atoms with Crippen LogP contribution in [0.2, 0.25) is 0 Å². The molecule has 3 aromatic rings. The second-order valence-electron chi connectivity index (χ2n) is 16.1. The van der Waals surface area contributed by atoms with Gasteiger partial charge in [0, 0.05) is 62.7 Å². The van der Waals surface area contributed by atoms with Gasteiger partial charge < -0.3 is 31.1 Å². The zero-order valence-electron chi connectivity index (χ0n) is 36.3. The van der Waals surface area contributed by atoms with Gasteiger partial charge in [-0.2, -0.15) is 36.9 Å². The smallest absolute Gasteiger partial charge is 0.350 e. The Balaban J connectivity index is 1.02. The molecule has 0 bridgehead atoms. The quantitative estimate of drug-likeness (QED) is 0.110. The fourth-order valence-electron chi connectivity index (χ4n) is 8.52. The summed E-state index contributed by atoms with van der Waals surface area (Å²) in [5.74, 6) is -1.20. The molecular weight excluding hydrogens is 915 g/mol. The molecule has 6 amide bonds. The van der Waals surface area contributed by atoms with Crippen LogP contribution in [0.15, 0.2) is 119 Å². The van der Waals surface area contributed by atoms with E-state index in [1.165, 1.54) is 56.3 Å². The van der Waals surface area contributed by atoms with Crippen molar-refractivity contribution >= 4 is 46.9 Å². The maximum absolute atomic E-state index is 14.1. The maximum Gasteiger partial charge on any atom is 0.416 e. The van der Waals surface area contributed by atoms with Gasteiger partial charge in [-0.3, -0.25) is 19.4 Å². The summed E-state index contributed by atoms with van der Waals surface area (Å²) in [7, 11) is 0. The second kappa shape index (κ2) is 19.7. The number of allylic oxidation sites excluding steroid dienone is 4. The molecule has 7 rings (SSSR count). The van der Waals surface area contributed by atoms with E-state index in [9.17, 15) is 56.0 Å². The number of carbonyl (C=O) groups excluding carboxylic acids is 4. The number of nitriles is 2. The van der Waals surface area contributed by atoms with Crippen LogP contribution >= 0.6 is 12.2 Å². The Kier molecular flexibility index (Phi) is 14.0. The number of hydrogen-bond donors (Lipinski definition) is 4. The first kappa shape index (κ1) is 48.3. The molecule has 1 saturated heterocycles. The van der Waals surface area contributed by atoms with Gasteiger partial charge >= 0.3 is 24.4 Å². The van der Waals surface area contributed by atoms with E-state index in [0.717, 1.165) is 34.1 Å². The number of benzene rings is 3. The molecule has 3 heterocycles. The van der Waals surface area contributed by atoms with Crippen LogP contribution < -0.4 is 26.2 Å². The number of urea groups is 2. The van der Waals surface area contributed by atoms with Gasteiger partial charge in [-0.05, 0) is 79.7 Å². The topological polar surface area (TPSA) is 177 Å². The van der Waals surface area contributed by atoms with E-state index in [2.05, 4.69) is 21.3 Å². The largest absolute Gasteiger partial charge is 0.416 e. The molecule has 3 atom stereocenters. The lowest BCUT2D eigenvalue weighted by molar-refractivity contribution is -0.137. The third-order valence-corrected chi connectivity index (χ3v) is 12.5. The molecule has 352 valence electrons. The Morgan fingerprint density at radius 3 is 1.76 bits per heavy atom. The molecule has 0 saturated carbocycles. The van der Waals surface area contributed by atoms with E-state index in [4.69, 9.17) is 12.2 Å². The number of halogens is 6. The molecule has 3 aromatic carbocycles. The number of carbonyl (C=O) groups is 4. The van der Waals surface area contributed by atoms with Crippen LogP contribution in [-0.2, 0) is 15.8 Å². The highest BCUT2D eigenvalue weighted by atomic mass is 32.1.